The summed E-state index contributed by atoms with van der Waals surface area (Å²) in [5.74, 6) is 0.471. The first kappa shape index (κ1) is 19.3. The zero-order valence-electron chi connectivity index (χ0n) is 14.5. The minimum atomic E-state index is -0.229. The Kier molecular flexibility index (Phi) is 7.16. The highest BCUT2D eigenvalue weighted by molar-refractivity contribution is 6.42. The first-order chi connectivity index (χ1) is 11.4. The Morgan fingerprint density at radius 1 is 1.17 bits per heavy atom. The Morgan fingerprint density at radius 3 is 2.42 bits per heavy atom. The molecule has 1 aliphatic rings. The van der Waals surface area contributed by atoms with Gasteiger partial charge >= 0.3 is 6.03 Å². The molecule has 0 aromatic heterocycles. The number of carbonyl (C=O) groups is 1. The largest absolute Gasteiger partial charge is 0.336 e. The van der Waals surface area contributed by atoms with Crippen LogP contribution in [0.4, 0.5) is 10.5 Å². The van der Waals surface area contributed by atoms with E-state index < -0.39 is 0 Å². The van der Waals surface area contributed by atoms with Crippen LogP contribution in [0.15, 0.2) is 18.2 Å². The third-order valence-corrected chi connectivity index (χ3v) is 5.16. The predicted octanol–water partition coefficient (Wildman–Crippen LogP) is 3.39. The number of anilines is 1. The first-order valence-corrected chi connectivity index (χ1v) is 9.05. The lowest BCUT2D eigenvalue weighted by Gasteiger charge is -2.39. The van der Waals surface area contributed by atoms with Crippen molar-refractivity contribution >= 4 is 34.9 Å². The normalized spacial score (nSPS) is 17.8. The van der Waals surface area contributed by atoms with Gasteiger partial charge in [-0.3, -0.25) is 4.90 Å². The van der Waals surface area contributed by atoms with Crippen LogP contribution in [0.25, 0.3) is 0 Å². The van der Waals surface area contributed by atoms with Gasteiger partial charge in [0.15, 0.2) is 0 Å². The van der Waals surface area contributed by atoms with E-state index in [-0.39, 0.29) is 6.03 Å². The van der Waals surface area contributed by atoms with Crippen LogP contribution in [0.5, 0.6) is 0 Å². The van der Waals surface area contributed by atoms with Crippen LogP contribution in [0, 0.1) is 5.92 Å². The topological polar surface area (TPSA) is 47.6 Å². The molecule has 0 bridgehead atoms. The molecule has 2 N–H and O–H groups in total. The van der Waals surface area contributed by atoms with Crippen molar-refractivity contribution in [3.63, 3.8) is 0 Å². The van der Waals surface area contributed by atoms with Gasteiger partial charge in [-0.1, -0.05) is 37.0 Å². The quantitative estimate of drug-likeness (QED) is 0.832. The van der Waals surface area contributed by atoms with E-state index in [9.17, 15) is 4.79 Å². The van der Waals surface area contributed by atoms with Crippen molar-refractivity contribution < 1.29 is 4.79 Å². The van der Waals surface area contributed by atoms with E-state index in [2.05, 4.69) is 41.3 Å². The van der Waals surface area contributed by atoms with E-state index in [1.165, 1.54) is 0 Å². The summed E-state index contributed by atoms with van der Waals surface area (Å²) in [6.07, 6.45) is 0. The number of piperazine rings is 1. The Hall–Kier alpha value is -1.01. The van der Waals surface area contributed by atoms with Crippen LogP contribution in [0.3, 0.4) is 0 Å². The summed E-state index contributed by atoms with van der Waals surface area (Å²) in [7, 11) is 2.14. The second-order valence-electron chi connectivity index (χ2n) is 6.61. The molecule has 1 fully saturated rings. The second kappa shape index (κ2) is 8.90. The van der Waals surface area contributed by atoms with E-state index in [0.717, 1.165) is 26.2 Å². The summed E-state index contributed by atoms with van der Waals surface area (Å²) in [4.78, 5) is 16.9. The van der Waals surface area contributed by atoms with Crippen LogP contribution in [0.1, 0.15) is 13.8 Å². The van der Waals surface area contributed by atoms with Crippen molar-refractivity contribution in [2.75, 3.05) is 45.1 Å². The highest BCUT2D eigenvalue weighted by Gasteiger charge is 2.25. The number of hydrogen-bond donors (Lipinski definition) is 2. The summed E-state index contributed by atoms with van der Waals surface area (Å²) < 4.78 is 0. The van der Waals surface area contributed by atoms with Gasteiger partial charge in [0.25, 0.3) is 0 Å². The number of carbonyl (C=O) groups excluding carboxylic acids is 1. The number of nitrogens with one attached hydrogen (secondary N) is 2. The maximum atomic E-state index is 12.1. The number of hydrogen-bond acceptors (Lipinski definition) is 3. The van der Waals surface area contributed by atoms with Gasteiger partial charge in [0.1, 0.15) is 0 Å². The first-order valence-electron chi connectivity index (χ1n) is 8.29. The monoisotopic (exact) mass is 372 g/mol. The third-order valence-electron chi connectivity index (χ3n) is 4.43. The summed E-state index contributed by atoms with van der Waals surface area (Å²) in [6.45, 7) is 9.22. The minimum Gasteiger partial charge on any atom is -0.336 e. The molecule has 1 atom stereocenters. The molecule has 1 saturated heterocycles. The number of rotatable bonds is 5. The molecule has 134 valence electrons. The zero-order valence-corrected chi connectivity index (χ0v) is 16.0. The van der Waals surface area contributed by atoms with Crippen molar-refractivity contribution in [1.82, 2.24) is 15.1 Å². The lowest BCUT2D eigenvalue weighted by atomic mass is 10.0. The molecule has 0 spiro atoms. The average Bonchev–Trinajstić information content (AvgIpc) is 2.52. The maximum Gasteiger partial charge on any atom is 0.319 e. The van der Waals surface area contributed by atoms with Crippen molar-refractivity contribution in [3.8, 4) is 0 Å². The van der Waals surface area contributed by atoms with Gasteiger partial charge < -0.3 is 15.5 Å². The smallest absolute Gasteiger partial charge is 0.319 e. The van der Waals surface area contributed by atoms with Gasteiger partial charge in [-0.15, -0.1) is 0 Å². The molecule has 7 heteroatoms. The third kappa shape index (κ3) is 5.52. The Bertz CT molecular complexity index is 560. The molecular weight excluding hydrogens is 347 g/mol. The molecule has 1 aromatic rings. The molecule has 0 saturated carbocycles. The van der Waals surface area contributed by atoms with Gasteiger partial charge in [0.2, 0.25) is 0 Å². The standard InChI is InChI=1S/C17H26Cl2N4O/c1-12(2)16(23-8-6-22(3)7-9-23)11-20-17(24)21-13-4-5-14(18)15(19)10-13/h4-5,10,12,16H,6-9,11H2,1-3H3,(H2,20,21,24). The molecule has 5 nitrogen and oxygen atoms in total. The highest BCUT2D eigenvalue weighted by Crippen LogP contribution is 2.24. The lowest BCUT2D eigenvalue weighted by molar-refractivity contribution is 0.0890. The molecule has 1 aliphatic heterocycles. The summed E-state index contributed by atoms with van der Waals surface area (Å²) in [6, 6.07) is 5.14. The van der Waals surface area contributed by atoms with E-state index in [0.29, 0.717) is 34.2 Å². The van der Waals surface area contributed by atoms with E-state index in [1.807, 2.05) is 0 Å². The van der Waals surface area contributed by atoms with Gasteiger partial charge in [0.05, 0.1) is 10.0 Å². The number of benzene rings is 1. The zero-order chi connectivity index (χ0) is 17.7. The maximum absolute atomic E-state index is 12.1. The van der Waals surface area contributed by atoms with Crippen LogP contribution in [-0.2, 0) is 0 Å². The van der Waals surface area contributed by atoms with E-state index in [1.54, 1.807) is 18.2 Å². The van der Waals surface area contributed by atoms with Crippen molar-refractivity contribution in [3.05, 3.63) is 28.2 Å². The van der Waals surface area contributed by atoms with Crippen molar-refractivity contribution in [2.45, 2.75) is 19.9 Å². The van der Waals surface area contributed by atoms with Crippen LogP contribution in [0.2, 0.25) is 10.0 Å². The summed E-state index contributed by atoms with van der Waals surface area (Å²) >= 11 is 11.8. The number of urea groups is 1. The molecule has 0 radical (unpaired) electrons. The fourth-order valence-corrected chi connectivity index (χ4v) is 3.18. The van der Waals surface area contributed by atoms with Gasteiger partial charge in [0, 0.05) is 44.5 Å². The van der Waals surface area contributed by atoms with Crippen LogP contribution < -0.4 is 10.6 Å². The Morgan fingerprint density at radius 2 is 1.83 bits per heavy atom. The molecule has 24 heavy (non-hydrogen) atoms. The van der Waals surface area contributed by atoms with Crippen molar-refractivity contribution in [2.24, 2.45) is 5.92 Å². The summed E-state index contributed by atoms with van der Waals surface area (Å²) in [5, 5.41) is 6.66. The lowest BCUT2D eigenvalue weighted by Crippen LogP contribution is -2.54. The van der Waals surface area contributed by atoms with Gasteiger partial charge in [-0.2, -0.15) is 0 Å². The minimum absolute atomic E-state index is 0.229. The Balaban J connectivity index is 1.86. The second-order valence-corrected chi connectivity index (χ2v) is 7.43. The van der Waals surface area contributed by atoms with Crippen LogP contribution in [-0.4, -0.2) is 61.6 Å². The highest BCUT2D eigenvalue weighted by atomic mass is 35.5. The molecule has 1 heterocycles. The molecule has 0 aliphatic carbocycles. The number of amides is 2. The van der Waals surface area contributed by atoms with E-state index >= 15 is 0 Å². The Labute approximate surface area is 154 Å². The molecule has 1 aromatic carbocycles. The SMILES string of the molecule is CC(C)C(CNC(=O)Nc1ccc(Cl)c(Cl)c1)N1CCN(C)CC1. The van der Waals surface area contributed by atoms with Gasteiger partial charge in [-0.25, -0.2) is 4.79 Å². The fourth-order valence-electron chi connectivity index (χ4n) is 2.89. The van der Waals surface area contributed by atoms with Gasteiger partial charge in [-0.05, 0) is 31.2 Å². The predicted molar refractivity (Wildman–Crippen MR) is 101 cm³/mol. The molecule has 1 unspecified atom stereocenters. The summed E-state index contributed by atoms with van der Waals surface area (Å²) in [5.41, 5.74) is 0.627. The number of halogens is 2. The fraction of sp³-hybridized carbons (Fsp3) is 0.588. The van der Waals surface area contributed by atoms with Crippen molar-refractivity contribution in [1.29, 1.82) is 0 Å². The average molecular weight is 373 g/mol. The molecule has 2 rings (SSSR count). The number of nitrogens with zero attached hydrogens (tertiary/aromatic N) is 2. The number of likely N-dealkylation sites (N-methyl/N-ethyl adjacent to an activating group) is 1. The molecular formula is C17H26Cl2N4O. The van der Waals surface area contributed by atoms with E-state index in [4.69, 9.17) is 23.2 Å². The molecule has 2 amide bonds. The van der Waals surface area contributed by atoms with Crippen LogP contribution >= 0.6 is 23.2 Å².